The van der Waals surface area contributed by atoms with Gasteiger partial charge in [-0.1, -0.05) is 12.1 Å². The molecule has 4 rings (SSSR count). The molecule has 0 bridgehead atoms. The second-order valence-corrected chi connectivity index (χ2v) is 5.75. The van der Waals surface area contributed by atoms with Gasteiger partial charge in [0.25, 0.3) is 5.56 Å². The average molecular weight is 312 g/mol. The number of nitrogens with zero attached hydrogens (tertiary/aromatic N) is 3. The van der Waals surface area contributed by atoms with Gasteiger partial charge in [-0.25, -0.2) is 9.78 Å². The van der Waals surface area contributed by atoms with Gasteiger partial charge in [0.2, 0.25) is 0 Å². The van der Waals surface area contributed by atoms with Gasteiger partial charge < -0.3 is 9.30 Å². The van der Waals surface area contributed by atoms with Crippen molar-refractivity contribution in [1.82, 2.24) is 19.1 Å². The van der Waals surface area contributed by atoms with E-state index in [9.17, 15) is 9.59 Å². The first-order valence-electron chi connectivity index (χ1n) is 7.50. The lowest BCUT2D eigenvalue weighted by molar-refractivity contribution is 0.414. The summed E-state index contributed by atoms with van der Waals surface area (Å²) in [4.78, 5) is 31.5. The summed E-state index contributed by atoms with van der Waals surface area (Å²) in [5, 5.41) is 0. The molecular weight excluding hydrogens is 296 g/mol. The van der Waals surface area contributed by atoms with Crippen molar-refractivity contribution in [3.63, 3.8) is 0 Å². The van der Waals surface area contributed by atoms with Crippen LogP contribution in [-0.4, -0.2) is 26.2 Å². The van der Waals surface area contributed by atoms with Crippen LogP contribution < -0.4 is 16.0 Å². The largest absolute Gasteiger partial charge is 0.497 e. The third kappa shape index (κ3) is 2.34. The Morgan fingerprint density at radius 2 is 2.00 bits per heavy atom. The molecule has 0 radical (unpaired) electrons. The van der Waals surface area contributed by atoms with Gasteiger partial charge in [-0.05, 0) is 30.5 Å². The van der Waals surface area contributed by atoms with Crippen LogP contribution in [0.2, 0.25) is 0 Å². The Bertz CT molecular complexity index is 977. The third-order valence-electron chi connectivity index (χ3n) is 4.13. The summed E-state index contributed by atoms with van der Waals surface area (Å²) in [7, 11) is 1.62. The zero-order valence-corrected chi connectivity index (χ0v) is 12.7. The highest BCUT2D eigenvalue weighted by atomic mass is 16.5. The smallest absolute Gasteiger partial charge is 0.330 e. The van der Waals surface area contributed by atoms with Crippen molar-refractivity contribution in [2.75, 3.05) is 7.11 Å². The van der Waals surface area contributed by atoms with E-state index in [1.54, 1.807) is 18.0 Å². The highest BCUT2D eigenvalue weighted by Gasteiger charge is 2.28. The summed E-state index contributed by atoms with van der Waals surface area (Å²) in [5.74, 6) is 0.782. The first-order chi connectivity index (χ1) is 11.2. The Morgan fingerprint density at radius 1 is 1.26 bits per heavy atom. The number of nitrogens with one attached hydrogen (secondary N) is 1. The molecule has 0 saturated heterocycles. The Morgan fingerprint density at radius 3 is 2.65 bits per heavy atom. The number of methoxy groups -OCH3 is 1. The van der Waals surface area contributed by atoms with Gasteiger partial charge in [-0.3, -0.25) is 14.3 Å². The van der Waals surface area contributed by atoms with Gasteiger partial charge in [0.15, 0.2) is 11.2 Å². The van der Waals surface area contributed by atoms with Gasteiger partial charge in [-0.2, -0.15) is 0 Å². The van der Waals surface area contributed by atoms with Gasteiger partial charge >= 0.3 is 5.69 Å². The Kier molecular flexibility index (Phi) is 3.07. The molecule has 7 nitrogen and oxygen atoms in total. The van der Waals surface area contributed by atoms with E-state index in [1.165, 1.54) is 4.57 Å². The predicted octanol–water partition coefficient (Wildman–Crippen LogP) is 1.28. The van der Waals surface area contributed by atoms with Gasteiger partial charge in [-0.15, -0.1) is 0 Å². The molecule has 1 aliphatic rings. The van der Waals surface area contributed by atoms with Crippen molar-refractivity contribution in [2.24, 2.45) is 0 Å². The van der Waals surface area contributed by atoms with Crippen molar-refractivity contribution in [2.45, 2.75) is 25.4 Å². The van der Waals surface area contributed by atoms with E-state index >= 15 is 0 Å². The fraction of sp³-hybridized carbons (Fsp3) is 0.312. The first-order valence-corrected chi connectivity index (χ1v) is 7.50. The summed E-state index contributed by atoms with van der Waals surface area (Å²) < 4.78 is 8.23. The number of hydrogen-bond acceptors (Lipinski definition) is 4. The van der Waals surface area contributed by atoms with E-state index in [4.69, 9.17) is 4.74 Å². The molecule has 1 aliphatic carbocycles. The summed E-state index contributed by atoms with van der Waals surface area (Å²) in [6.07, 6.45) is 3.34. The molecule has 7 heteroatoms. The fourth-order valence-electron chi connectivity index (χ4n) is 2.78. The maximum absolute atomic E-state index is 12.7. The fourth-order valence-corrected chi connectivity index (χ4v) is 2.78. The zero-order chi connectivity index (χ0) is 16.0. The van der Waals surface area contributed by atoms with Crippen molar-refractivity contribution < 1.29 is 4.74 Å². The first kappa shape index (κ1) is 13.8. The van der Waals surface area contributed by atoms with Crippen molar-refractivity contribution in [3.8, 4) is 5.75 Å². The number of fused-ring (bicyclic) bond motifs is 1. The van der Waals surface area contributed by atoms with Crippen LogP contribution in [0, 0.1) is 0 Å². The number of aromatic nitrogens is 4. The summed E-state index contributed by atoms with van der Waals surface area (Å²) in [6, 6.07) is 7.66. The number of imidazole rings is 1. The molecule has 0 aliphatic heterocycles. The van der Waals surface area contributed by atoms with Gasteiger partial charge in [0.1, 0.15) is 5.75 Å². The molecular formula is C16H16N4O3. The topological polar surface area (TPSA) is 81.9 Å². The standard InChI is InChI=1S/C16H16N4O3/c1-23-12-6-2-10(3-7-12)8-19-9-17-14-13(19)15(21)20(11-4-5-11)16(22)18-14/h2-3,6-7,9,11H,4-5,8H2,1H3,(H,18,22). The SMILES string of the molecule is COc1ccc(Cn2cnc3[nH]c(=O)n(C4CC4)c(=O)c32)cc1. The number of aromatic amines is 1. The highest BCUT2D eigenvalue weighted by molar-refractivity contribution is 5.69. The minimum absolute atomic E-state index is 0.0278. The second-order valence-electron chi connectivity index (χ2n) is 5.75. The minimum atomic E-state index is -0.375. The molecule has 1 aromatic carbocycles. The Labute approximate surface area is 131 Å². The molecule has 0 atom stereocenters. The number of hydrogen-bond donors (Lipinski definition) is 1. The molecule has 0 spiro atoms. The van der Waals surface area contributed by atoms with E-state index in [0.717, 1.165) is 24.2 Å². The molecule has 1 saturated carbocycles. The third-order valence-corrected chi connectivity index (χ3v) is 4.13. The highest BCUT2D eigenvalue weighted by Crippen LogP contribution is 2.32. The number of H-pyrrole nitrogens is 1. The van der Waals surface area contributed by atoms with Crippen molar-refractivity contribution in [3.05, 3.63) is 57.0 Å². The number of rotatable bonds is 4. The quantitative estimate of drug-likeness (QED) is 0.787. The molecule has 1 N–H and O–H groups in total. The van der Waals surface area contributed by atoms with Gasteiger partial charge in [0, 0.05) is 12.6 Å². The summed E-state index contributed by atoms with van der Waals surface area (Å²) in [5.41, 5.74) is 1.16. The van der Waals surface area contributed by atoms with E-state index in [2.05, 4.69) is 9.97 Å². The van der Waals surface area contributed by atoms with E-state index < -0.39 is 0 Å². The summed E-state index contributed by atoms with van der Waals surface area (Å²) >= 11 is 0. The van der Waals surface area contributed by atoms with Crippen LogP contribution in [0.5, 0.6) is 5.75 Å². The van der Waals surface area contributed by atoms with E-state index in [0.29, 0.717) is 17.7 Å². The monoisotopic (exact) mass is 312 g/mol. The normalized spacial score (nSPS) is 14.3. The molecule has 1 fully saturated rings. The van der Waals surface area contributed by atoms with Crippen LogP contribution in [0.4, 0.5) is 0 Å². The van der Waals surface area contributed by atoms with Gasteiger partial charge in [0.05, 0.1) is 13.4 Å². The Balaban J connectivity index is 1.79. The summed E-state index contributed by atoms with van der Waals surface area (Å²) in [6.45, 7) is 0.506. The lowest BCUT2D eigenvalue weighted by atomic mass is 10.2. The molecule has 0 amide bonds. The van der Waals surface area contributed by atoms with Crippen LogP contribution >= 0.6 is 0 Å². The van der Waals surface area contributed by atoms with Crippen LogP contribution in [0.25, 0.3) is 11.2 Å². The van der Waals surface area contributed by atoms with E-state index in [1.807, 2.05) is 24.3 Å². The van der Waals surface area contributed by atoms with Crippen LogP contribution in [0.3, 0.4) is 0 Å². The molecule has 2 heterocycles. The molecule has 23 heavy (non-hydrogen) atoms. The average Bonchev–Trinajstić information content (AvgIpc) is 3.30. The predicted molar refractivity (Wildman–Crippen MR) is 85.0 cm³/mol. The number of ether oxygens (including phenoxy) is 1. The minimum Gasteiger partial charge on any atom is -0.497 e. The lowest BCUT2D eigenvalue weighted by Crippen LogP contribution is -2.35. The van der Waals surface area contributed by atoms with Crippen LogP contribution in [-0.2, 0) is 6.54 Å². The van der Waals surface area contributed by atoms with E-state index in [-0.39, 0.29) is 17.3 Å². The zero-order valence-electron chi connectivity index (χ0n) is 12.7. The molecule has 0 unspecified atom stereocenters. The van der Waals surface area contributed by atoms with Crippen LogP contribution in [0.15, 0.2) is 40.2 Å². The lowest BCUT2D eigenvalue weighted by Gasteiger charge is -2.07. The maximum atomic E-state index is 12.7. The molecule has 118 valence electrons. The van der Waals surface area contributed by atoms with Crippen molar-refractivity contribution in [1.29, 1.82) is 0 Å². The molecule has 2 aromatic heterocycles. The maximum Gasteiger partial charge on any atom is 0.330 e. The number of benzene rings is 1. The second kappa shape index (κ2) is 5.12. The molecule has 3 aromatic rings. The van der Waals surface area contributed by atoms with Crippen LogP contribution in [0.1, 0.15) is 24.4 Å². The Hall–Kier alpha value is -2.83. The van der Waals surface area contributed by atoms with Crippen molar-refractivity contribution >= 4 is 11.2 Å².